The minimum Gasteiger partial charge on any atom is -0.396 e. The van der Waals surface area contributed by atoms with E-state index in [4.69, 9.17) is 9.84 Å². The van der Waals surface area contributed by atoms with Crippen LogP contribution in [0, 0.1) is 5.92 Å². The Morgan fingerprint density at radius 3 is 2.62 bits per heavy atom. The molecule has 1 N–H and O–H groups in total. The predicted molar refractivity (Wildman–Crippen MR) is 52.7 cm³/mol. The van der Waals surface area contributed by atoms with Gasteiger partial charge in [-0.2, -0.15) is 0 Å². The van der Waals surface area contributed by atoms with Gasteiger partial charge in [0, 0.05) is 26.9 Å². The van der Waals surface area contributed by atoms with Crippen LogP contribution in [0.25, 0.3) is 0 Å². The maximum Gasteiger partial charge on any atom is 0.0472 e. The molecule has 13 heavy (non-hydrogen) atoms. The summed E-state index contributed by atoms with van der Waals surface area (Å²) in [5, 5.41) is 9.13. The van der Waals surface area contributed by atoms with Crippen LogP contribution < -0.4 is 0 Å². The molecule has 1 aliphatic heterocycles. The number of nitrogens with zero attached hydrogens (tertiary/aromatic N) is 1. The van der Waals surface area contributed by atoms with Crippen molar-refractivity contribution in [3.63, 3.8) is 0 Å². The van der Waals surface area contributed by atoms with E-state index in [1.54, 1.807) is 7.11 Å². The highest BCUT2D eigenvalue weighted by atomic mass is 16.5. The van der Waals surface area contributed by atoms with E-state index in [9.17, 15) is 0 Å². The molecule has 0 bridgehead atoms. The summed E-state index contributed by atoms with van der Waals surface area (Å²) < 4.78 is 5.01. The molecular formula is C10H21NO2. The number of ether oxygens (including phenoxy) is 1. The molecule has 0 aromatic rings. The quantitative estimate of drug-likeness (QED) is 0.665. The number of hydrogen-bond acceptors (Lipinski definition) is 3. The van der Waals surface area contributed by atoms with E-state index in [0.717, 1.165) is 19.6 Å². The third kappa shape index (κ3) is 4.07. The van der Waals surface area contributed by atoms with Crippen LogP contribution >= 0.6 is 0 Å². The molecule has 0 saturated carbocycles. The van der Waals surface area contributed by atoms with E-state index < -0.39 is 0 Å². The summed E-state index contributed by atoms with van der Waals surface area (Å²) in [5.41, 5.74) is 0. The van der Waals surface area contributed by atoms with Crippen molar-refractivity contribution in [2.24, 2.45) is 5.92 Å². The van der Waals surface area contributed by atoms with Crippen LogP contribution in [-0.4, -0.2) is 50.0 Å². The average molecular weight is 187 g/mol. The summed E-state index contributed by atoms with van der Waals surface area (Å²) in [6, 6.07) is 0. The maximum absolute atomic E-state index is 9.13. The molecule has 78 valence electrons. The number of rotatable bonds is 6. The number of hydrogen-bond donors (Lipinski definition) is 1. The van der Waals surface area contributed by atoms with Gasteiger partial charge in [0.1, 0.15) is 0 Å². The lowest BCUT2D eigenvalue weighted by atomic mass is 10.1. The first kappa shape index (κ1) is 11.0. The Balaban J connectivity index is 2.13. The molecule has 0 aliphatic carbocycles. The fourth-order valence-electron chi connectivity index (χ4n) is 1.86. The second-order valence-corrected chi connectivity index (χ2v) is 3.84. The summed E-state index contributed by atoms with van der Waals surface area (Å²) in [6.45, 7) is 4.52. The highest BCUT2D eigenvalue weighted by molar-refractivity contribution is 4.70. The summed E-state index contributed by atoms with van der Waals surface area (Å²) in [6.07, 6.45) is 3.62. The molecule has 0 amide bonds. The first-order chi connectivity index (χ1) is 6.36. The average Bonchev–Trinajstić information content (AvgIpc) is 2.64. The molecule has 1 aliphatic rings. The van der Waals surface area contributed by atoms with Gasteiger partial charge in [-0.3, -0.25) is 0 Å². The summed E-state index contributed by atoms with van der Waals surface area (Å²) in [7, 11) is 1.71. The Hall–Kier alpha value is -0.120. The van der Waals surface area contributed by atoms with Gasteiger partial charge < -0.3 is 14.7 Å². The number of aliphatic hydroxyl groups is 1. The van der Waals surface area contributed by atoms with Crippen LogP contribution in [0.5, 0.6) is 0 Å². The molecule has 1 heterocycles. The van der Waals surface area contributed by atoms with E-state index in [-0.39, 0.29) is 0 Å². The van der Waals surface area contributed by atoms with Gasteiger partial charge in [-0.1, -0.05) is 0 Å². The Labute approximate surface area is 80.7 Å². The van der Waals surface area contributed by atoms with Crippen LogP contribution in [-0.2, 0) is 4.74 Å². The number of methoxy groups -OCH3 is 1. The van der Waals surface area contributed by atoms with Crippen LogP contribution in [0.15, 0.2) is 0 Å². The van der Waals surface area contributed by atoms with Gasteiger partial charge in [0.15, 0.2) is 0 Å². The van der Waals surface area contributed by atoms with Crippen LogP contribution in [0.4, 0.5) is 0 Å². The second kappa shape index (κ2) is 6.35. The van der Waals surface area contributed by atoms with E-state index in [1.807, 2.05) is 0 Å². The first-order valence-electron chi connectivity index (χ1n) is 5.19. The Morgan fingerprint density at radius 2 is 2.08 bits per heavy atom. The molecule has 3 heteroatoms. The van der Waals surface area contributed by atoms with Crippen molar-refractivity contribution in [3.8, 4) is 0 Å². The van der Waals surface area contributed by atoms with Gasteiger partial charge in [0.25, 0.3) is 0 Å². The summed E-state index contributed by atoms with van der Waals surface area (Å²) in [4.78, 5) is 2.44. The van der Waals surface area contributed by atoms with E-state index in [1.165, 1.54) is 25.9 Å². The van der Waals surface area contributed by atoms with Crippen molar-refractivity contribution in [2.45, 2.75) is 19.3 Å². The van der Waals surface area contributed by atoms with E-state index >= 15 is 0 Å². The van der Waals surface area contributed by atoms with Crippen LogP contribution in [0.2, 0.25) is 0 Å². The highest BCUT2D eigenvalue weighted by Crippen LogP contribution is 2.12. The second-order valence-electron chi connectivity index (χ2n) is 3.84. The van der Waals surface area contributed by atoms with Gasteiger partial charge in [0.2, 0.25) is 0 Å². The van der Waals surface area contributed by atoms with E-state index in [2.05, 4.69) is 4.90 Å². The normalized spacial score (nSPS) is 20.8. The molecule has 0 spiro atoms. The molecule has 1 atom stereocenters. The molecular weight excluding hydrogens is 166 g/mol. The van der Waals surface area contributed by atoms with Gasteiger partial charge in [-0.25, -0.2) is 0 Å². The van der Waals surface area contributed by atoms with Crippen LogP contribution in [0.3, 0.4) is 0 Å². The standard InChI is InChI=1S/C10H21NO2/c1-13-7-4-10(9-12)8-11-5-2-3-6-11/h10,12H,2-9H2,1H3. The summed E-state index contributed by atoms with van der Waals surface area (Å²) in [5.74, 6) is 0.401. The smallest absolute Gasteiger partial charge is 0.0472 e. The maximum atomic E-state index is 9.13. The lowest BCUT2D eigenvalue weighted by molar-refractivity contribution is 0.126. The van der Waals surface area contributed by atoms with Gasteiger partial charge in [-0.05, 0) is 38.3 Å². The highest BCUT2D eigenvalue weighted by Gasteiger charge is 2.16. The number of likely N-dealkylation sites (tertiary alicyclic amines) is 1. The SMILES string of the molecule is COCCC(CO)CN1CCCC1. The third-order valence-corrected chi connectivity index (χ3v) is 2.70. The topological polar surface area (TPSA) is 32.7 Å². The molecule has 1 unspecified atom stereocenters. The third-order valence-electron chi connectivity index (χ3n) is 2.70. The Kier molecular flexibility index (Phi) is 5.35. The Bertz CT molecular complexity index is 124. The minimum atomic E-state index is 0.292. The van der Waals surface area contributed by atoms with Crippen LogP contribution in [0.1, 0.15) is 19.3 Å². The zero-order valence-electron chi connectivity index (χ0n) is 8.54. The largest absolute Gasteiger partial charge is 0.396 e. The zero-order valence-corrected chi connectivity index (χ0v) is 8.54. The van der Waals surface area contributed by atoms with Crippen molar-refractivity contribution in [1.29, 1.82) is 0 Å². The molecule has 1 saturated heterocycles. The van der Waals surface area contributed by atoms with Crippen molar-refractivity contribution in [1.82, 2.24) is 4.90 Å². The minimum absolute atomic E-state index is 0.292. The number of aliphatic hydroxyl groups excluding tert-OH is 1. The van der Waals surface area contributed by atoms with Crippen molar-refractivity contribution in [3.05, 3.63) is 0 Å². The lowest BCUT2D eigenvalue weighted by Gasteiger charge is -2.21. The van der Waals surface area contributed by atoms with Crippen molar-refractivity contribution >= 4 is 0 Å². The monoisotopic (exact) mass is 187 g/mol. The molecule has 1 rings (SSSR count). The first-order valence-corrected chi connectivity index (χ1v) is 5.19. The fraction of sp³-hybridized carbons (Fsp3) is 1.00. The molecule has 0 aromatic heterocycles. The van der Waals surface area contributed by atoms with E-state index in [0.29, 0.717) is 12.5 Å². The fourth-order valence-corrected chi connectivity index (χ4v) is 1.86. The van der Waals surface area contributed by atoms with Gasteiger partial charge in [0.05, 0.1) is 0 Å². The van der Waals surface area contributed by atoms with Gasteiger partial charge >= 0.3 is 0 Å². The van der Waals surface area contributed by atoms with Crippen molar-refractivity contribution in [2.75, 3.05) is 40.0 Å². The van der Waals surface area contributed by atoms with Gasteiger partial charge in [-0.15, -0.1) is 0 Å². The molecule has 3 nitrogen and oxygen atoms in total. The molecule has 0 radical (unpaired) electrons. The summed E-state index contributed by atoms with van der Waals surface area (Å²) >= 11 is 0. The Morgan fingerprint density at radius 1 is 1.38 bits per heavy atom. The molecule has 1 fully saturated rings. The zero-order chi connectivity index (χ0) is 9.52. The molecule has 0 aromatic carbocycles. The lowest BCUT2D eigenvalue weighted by Crippen LogP contribution is -2.29. The predicted octanol–water partition coefficient (Wildman–Crippen LogP) is 0.727. The van der Waals surface area contributed by atoms with Crippen molar-refractivity contribution < 1.29 is 9.84 Å².